The van der Waals surface area contributed by atoms with E-state index in [4.69, 9.17) is 5.73 Å². The van der Waals surface area contributed by atoms with Crippen LogP contribution in [0.2, 0.25) is 0 Å². The number of allylic oxidation sites excluding steroid dienone is 2. The largest absolute Gasteiger partial charge is 0.392 e. The van der Waals surface area contributed by atoms with E-state index in [1.54, 1.807) is 0 Å². The minimum atomic E-state index is 0.0136. The van der Waals surface area contributed by atoms with Crippen LogP contribution < -0.4 is 16.4 Å². The molecule has 2 aliphatic heterocycles. The van der Waals surface area contributed by atoms with Gasteiger partial charge in [-0.3, -0.25) is 20.4 Å². The summed E-state index contributed by atoms with van der Waals surface area (Å²) in [4.78, 5) is 4.87. The number of rotatable bonds is 6. The molecule has 0 aromatic rings. The summed E-state index contributed by atoms with van der Waals surface area (Å²) >= 11 is 0. The second kappa shape index (κ2) is 9.47. The lowest BCUT2D eigenvalue weighted by Crippen LogP contribution is -2.67. The average Bonchev–Trinajstić information content (AvgIpc) is 3.10. The van der Waals surface area contributed by atoms with Crippen LogP contribution in [0.3, 0.4) is 0 Å². The molecule has 2 heterocycles. The van der Waals surface area contributed by atoms with Gasteiger partial charge in [0.05, 0.1) is 31.6 Å². The second-order valence-electron chi connectivity index (χ2n) is 11.6. The van der Waals surface area contributed by atoms with Crippen LogP contribution in [0.4, 0.5) is 0 Å². The van der Waals surface area contributed by atoms with Gasteiger partial charge in [-0.1, -0.05) is 38.5 Å². The first-order valence-corrected chi connectivity index (χ1v) is 12.8. The zero-order chi connectivity index (χ0) is 23.1. The van der Waals surface area contributed by atoms with Crippen molar-refractivity contribution >= 4 is 0 Å². The van der Waals surface area contributed by atoms with Gasteiger partial charge in [0, 0.05) is 13.2 Å². The van der Waals surface area contributed by atoms with Gasteiger partial charge in [-0.25, -0.2) is 0 Å². The van der Waals surface area contributed by atoms with E-state index in [1.807, 2.05) is 0 Å². The molecule has 1 saturated carbocycles. The fraction of sp³-hybridized carbons (Fsp3) is 0.846. The molecule has 2 saturated heterocycles. The number of hydrogen-bond acceptors (Lipinski definition) is 6. The van der Waals surface area contributed by atoms with E-state index in [9.17, 15) is 5.11 Å². The Morgan fingerprint density at radius 3 is 2.84 bits per heavy atom. The Hall–Kier alpha value is -0.760. The molecular formula is C26H47N5O. The zero-order valence-electron chi connectivity index (χ0n) is 21.0. The van der Waals surface area contributed by atoms with Crippen LogP contribution in [0.25, 0.3) is 0 Å². The summed E-state index contributed by atoms with van der Waals surface area (Å²) in [7, 11) is 2.18. The first-order chi connectivity index (χ1) is 15.2. The van der Waals surface area contributed by atoms with Crippen molar-refractivity contribution in [2.24, 2.45) is 28.4 Å². The maximum atomic E-state index is 10.0. The van der Waals surface area contributed by atoms with Gasteiger partial charge in [0.2, 0.25) is 0 Å². The van der Waals surface area contributed by atoms with Crippen molar-refractivity contribution in [1.29, 1.82) is 0 Å². The molecule has 4 aliphatic rings. The summed E-state index contributed by atoms with van der Waals surface area (Å²) < 4.78 is 0. The number of aliphatic hydroxyl groups excluding tert-OH is 1. The van der Waals surface area contributed by atoms with Crippen molar-refractivity contribution in [2.45, 2.75) is 84.6 Å². The molecule has 0 radical (unpaired) electrons. The van der Waals surface area contributed by atoms with E-state index in [1.165, 1.54) is 36.8 Å². The van der Waals surface area contributed by atoms with E-state index in [2.05, 4.69) is 67.3 Å². The highest BCUT2D eigenvalue weighted by Crippen LogP contribution is 2.61. The lowest BCUT2D eigenvalue weighted by molar-refractivity contribution is -0.0507. The molecule has 6 heteroatoms. The lowest BCUT2D eigenvalue weighted by Gasteiger charge is -2.58. The highest BCUT2D eigenvalue weighted by atomic mass is 16.3. The molecule has 0 amide bonds. The van der Waals surface area contributed by atoms with Gasteiger partial charge < -0.3 is 10.8 Å². The number of likely N-dealkylation sites (N-methyl/N-ethyl adjacent to an activating group) is 1. The lowest BCUT2D eigenvalue weighted by atomic mass is 9.47. The van der Waals surface area contributed by atoms with Crippen molar-refractivity contribution < 1.29 is 5.11 Å². The van der Waals surface area contributed by atoms with Gasteiger partial charge in [-0.2, -0.15) is 0 Å². The van der Waals surface area contributed by atoms with Crippen LogP contribution in [-0.4, -0.2) is 66.8 Å². The maximum Gasteiger partial charge on any atom is 0.0804 e. The van der Waals surface area contributed by atoms with Crippen molar-refractivity contribution in [3.05, 3.63) is 23.3 Å². The van der Waals surface area contributed by atoms with E-state index < -0.39 is 0 Å². The third-order valence-electron chi connectivity index (χ3n) is 9.91. The normalized spacial score (nSPS) is 43.7. The van der Waals surface area contributed by atoms with Gasteiger partial charge >= 0.3 is 0 Å². The van der Waals surface area contributed by atoms with Crippen LogP contribution in [0.5, 0.6) is 0 Å². The monoisotopic (exact) mass is 445 g/mol. The Labute approximate surface area is 195 Å². The third-order valence-corrected chi connectivity index (χ3v) is 9.91. The standard InChI is InChI=1S/C26H47N5O/c1-18(11-14-31-17-30(5)24-22(31)23(27)28-16-29-24)9-12-25(3)19(2)10-13-26(4)20(15-32)7-6-8-21(25)26/h7,11,19,21-24,28-29,32H,6,8-10,12-17,27H2,1-5H3. The molecule has 0 aromatic heterocycles. The second-order valence-corrected chi connectivity index (χ2v) is 11.6. The fourth-order valence-electron chi connectivity index (χ4n) is 7.50. The molecule has 0 aromatic carbocycles. The number of nitrogens with one attached hydrogen (secondary N) is 2. The summed E-state index contributed by atoms with van der Waals surface area (Å²) in [6.45, 7) is 12.7. The third kappa shape index (κ3) is 4.23. The van der Waals surface area contributed by atoms with Crippen molar-refractivity contribution in [1.82, 2.24) is 20.4 Å². The Kier molecular flexibility index (Phi) is 7.21. The molecule has 7 unspecified atom stereocenters. The molecule has 2 aliphatic carbocycles. The molecule has 32 heavy (non-hydrogen) atoms. The number of hydrogen-bond donors (Lipinski definition) is 4. The minimum absolute atomic E-state index is 0.0136. The first kappa shape index (κ1) is 24.4. The first-order valence-electron chi connectivity index (χ1n) is 12.8. The zero-order valence-corrected chi connectivity index (χ0v) is 21.0. The van der Waals surface area contributed by atoms with Gasteiger partial charge in [0.15, 0.2) is 0 Å². The SMILES string of the molecule is CC(=CCN1CN(C)C2NCNC(N)C21)CCC1(C)C(C)CCC2(C)C(CO)=CCCC21. The summed E-state index contributed by atoms with van der Waals surface area (Å²) in [5.74, 6) is 1.40. The molecule has 3 fully saturated rings. The van der Waals surface area contributed by atoms with Crippen molar-refractivity contribution in [3.8, 4) is 0 Å². The maximum absolute atomic E-state index is 10.0. The molecular weight excluding hydrogens is 398 g/mol. The molecule has 6 nitrogen and oxygen atoms in total. The predicted molar refractivity (Wildman–Crippen MR) is 132 cm³/mol. The Morgan fingerprint density at radius 2 is 2.09 bits per heavy atom. The number of nitrogens with zero attached hydrogens (tertiary/aromatic N) is 2. The Balaban J connectivity index is 1.41. The number of fused-ring (bicyclic) bond motifs is 2. The van der Waals surface area contributed by atoms with Gasteiger partial charge in [-0.05, 0) is 80.7 Å². The van der Waals surface area contributed by atoms with Gasteiger partial charge in [0.25, 0.3) is 0 Å². The van der Waals surface area contributed by atoms with Crippen LogP contribution in [0.15, 0.2) is 23.3 Å². The van der Waals surface area contributed by atoms with E-state index in [0.717, 1.165) is 38.6 Å². The molecule has 182 valence electrons. The quantitative estimate of drug-likeness (QED) is 0.471. The van der Waals surface area contributed by atoms with Crippen LogP contribution in [0.1, 0.15) is 66.2 Å². The highest BCUT2D eigenvalue weighted by molar-refractivity contribution is 5.23. The van der Waals surface area contributed by atoms with E-state index in [0.29, 0.717) is 23.5 Å². The number of aliphatic hydroxyl groups is 1. The van der Waals surface area contributed by atoms with Crippen LogP contribution in [-0.2, 0) is 0 Å². The molecule has 0 bridgehead atoms. The molecule has 0 spiro atoms. The summed E-state index contributed by atoms with van der Waals surface area (Å²) in [6, 6.07) is 0.306. The van der Waals surface area contributed by atoms with Crippen LogP contribution >= 0.6 is 0 Å². The Morgan fingerprint density at radius 1 is 1.31 bits per heavy atom. The smallest absolute Gasteiger partial charge is 0.0804 e. The highest BCUT2D eigenvalue weighted by Gasteiger charge is 2.53. The topological polar surface area (TPSA) is 76.8 Å². The Bertz CT molecular complexity index is 738. The molecule has 7 atom stereocenters. The number of nitrogens with two attached hydrogens (primary N) is 1. The predicted octanol–water partition coefficient (Wildman–Crippen LogP) is 2.82. The molecule has 5 N–H and O–H groups in total. The van der Waals surface area contributed by atoms with E-state index >= 15 is 0 Å². The van der Waals surface area contributed by atoms with E-state index in [-0.39, 0.29) is 18.2 Å². The summed E-state index contributed by atoms with van der Waals surface area (Å²) in [5, 5.41) is 16.9. The van der Waals surface area contributed by atoms with Crippen molar-refractivity contribution in [2.75, 3.05) is 33.5 Å². The van der Waals surface area contributed by atoms with Crippen molar-refractivity contribution in [3.63, 3.8) is 0 Å². The summed E-state index contributed by atoms with van der Waals surface area (Å²) in [6.07, 6.45) is 12.4. The fourth-order valence-corrected chi connectivity index (χ4v) is 7.50. The minimum Gasteiger partial charge on any atom is -0.392 e. The van der Waals surface area contributed by atoms with Gasteiger partial charge in [-0.15, -0.1) is 0 Å². The molecule has 4 rings (SSSR count). The van der Waals surface area contributed by atoms with Gasteiger partial charge in [0.1, 0.15) is 0 Å². The van der Waals surface area contributed by atoms with Crippen LogP contribution in [0, 0.1) is 22.7 Å². The average molecular weight is 446 g/mol. The summed E-state index contributed by atoms with van der Waals surface area (Å²) in [5.41, 5.74) is 9.71.